The van der Waals surface area contributed by atoms with Gasteiger partial charge in [-0.05, 0) is 49.2 Å². The molecule has 0 spiro atoms. The summed E-state index contributed by atoms with van der Waals surface area (Å²) in [6.07, 6.45) is -1.24. The molecule has 4 N–H and O–H groups in total. The average molecular weight is 428 g/mol. The van der Waals surface area contributed by atoms with Crippen molar-refractivity contribution in [3.63, 3.8) is 0 Å². The van der Waals surface area contributed by atoms with Crippen molar-refractivity contribution in [3.05, 3.63) is 88.5 Å². The first-order valence-electron chi connectivity index (χ1n) is 10.0. The van der Waals surface area contributed by atoms with Gasteiger partial charge < -0.3 is 15.2 Å². The van der Waals surface area contributed by atoms with Crippen LogP contribution >= 0.6 is 0 Å². The number of aromatic amines is 1. The highest BCUT2D eigenvalue weighted by Gasteiger charge is 2.51. The van der Waals surface area contributed by atoms with Gasteiger partial charge in [-0.1, -0.05) is 36.4 Å². The number of carbonyl (C=O) groups is 2. The van der Waals surface area contributed by atoms with Crippen LogP contribution < -0.4 is 10.2 Å². The number of carboxylic acid groups (broad SMARTS) is 1. The molecule has 4 aromatic rings. The van der Waals surface area contributed by atoms with E-state index in [-0.39, 0.29) is 11.9 Å². The molecule has 1 unspecified atom stereocenters. The Bertz CT molecular complexity index is 1410. The van der Waals surface area contributed by atoms with E-state index in [0.717, 1.165) is 11.1 Å². The Morgan fingerprint density at radius 3 is 2.66 bits per heavy atom. The van der Waals surface area contributed by atoms with E-state index in [1.54, 1.807) is 42.5 Å². The summed E-state index contributed by atoms with van der Waals surface area (Å²) in [4.78, 5) is 33.0. The summed E-state index contributed by atoms with van der Waals surface area (Å²) >= 11 is 0. The van der Waals surface area contributed by atoms with Crippen molar-refractivity contribution in [1.29, 1.82) is 0 Å². The number of imidazole rings is 1. The number of hydrogen-bond donors (Lipinski definition) is 4. The third-order valence-electron chi connectivity index (χ3n) is 5.99. The smallest absolute Gasteiger partial charge is 0.411 e. The number of aliphatic hydroxyl groups is 1. The molecule has 0 aliphatic carbocycles. The van der Waals surface area contributed by atoms with Crippen molar-refractivity contribution in [2.45, 2.75) is 19.6 Å². The second-order valence-electron chi connectivity index (χ2n) is 7.82. The summed E-state index contributed by atoms with van der Waals surface area (Å²) in [6.45, 7) is 3.88. The van der Waals surface area contributed by atoms with Crippen LogP contribution in [0, 0.1) is 13.8 Å². The van der Waals surface area contributed by atoms with E-state index < -0.39 is 11.8 Å². The molecule has 1 aliphatic heterocycles. The predicted octanol–water partition coefficient (Wildman–Crippen LogP) is 4.12. The summed E-state index contributed by atoms with van der Waals surface area (Å²) in [6, 6.07) is 17.7. The number of anilines is 2. The molecule has 0 saturated heterocycles. The average Bonchev–Trinajstić information content (AvgIpc) is 3.26. The number of nitrogens with one attached hydrogen (secondary N) is 2. The van der Waals surface area contributed by atoms with Gasteiger partial charge in [-0.25, -0.2) is 9.78 Å². The lowest BCUT2D eigenvalue weighted by Gasteiger charge is -2.36. The summed E-state index contributed by atoms with van der Waals surface area (Å²) in [5.41, 5.74) is 3.13. The maximum Gasteiger partial charge on any atom is 0.411 e. The number of benzene rings is 3. The summed E-state index contributed by atoms with van der Waals surface area (Å²) in [5.74, 6) is -0.224. The van der Waals surface area contributed by atoms with Crippen LogP contribution in [-0.4, -0.2) is 32.2 Å². The third kappa shape index (κ3) is 2.77. The van der Waals surface area contributed by atoms with Crippen LogP contribution in [0.25, 0.3) is 11.0 Å². The van der Waals surface area contributed by atoms with Crippen molar-refractivity contribution in [1.82, 2.24) is 9.97 Å². The van der Waals surface area contributed by atoms with Crippen LogP contribution in [0.5, 0.6) is 0 Å². The number of aromatic nitrogens is 2. The van der Waals surface area contributed by atoms with E-state index >= 15 is 0 Å². The molecule has 1 aliphatic rings. The predicted molar refractivity (Wildman–Crippen MR) is 120 cm³/mol. The van der Waals surface area contributed by atoms with E-state index in [9.17, 15) is 14.7 Å². The Kier molecular flexibility index (Phi) is 4.28. The minimum absolute atomic E-state index is 0.0749. The molecule has 5 rings (SSSR count). The SMILES string of the molecule is Cc1cccc(N2C(=O)c3ccccc3C2(O)c2ccc3[nH]c(NC(=O)O)nc3c2)c1C. The molecule has 8 heteroatoms. The number of rotatable bonds is 3. The Labute approximate surface area is 183 Å². The lowest BCUT2D eigenvalue weighted by Crippen LogP contribution is -2.45. The van der Waals surface area contributed by atoms with Gasteiger partial charge in [0.15, 0.2) is 5.72 Å². The minimum Gasteiger partial charge on any atom is -0.465 e. The Hall–Kier alpha value is -4.17. The van der Waals surface area contributed by atoms with Crippen molar-refractivity contribution in [3.8, 4) is 0 Å². The van der Waals surface area contributed by atoms with E-state index in [0.29, 0.717) is 33.4 Å². The van der Waals surface area contributed by atoms with Crippen LogP contribution in [-0.2, 0) is 5.72 Å². The lowest BCUT2D eigenvalue weighted by molar-refractivity contribution is 0.0703. The quantitative estimate of drug-likeness (QED) is 0.391. The normalized spacial score (nSPS) is 17.6. The van der Waals surface area contributed by atoms with Crippen molar-refractivity contribution in [2.75, 3.05) is 10.2 Å². The molecule has 32 heavy (non-hydrogen) atoms. The Morgan fingerprint density at radius 2 is 1.88 bits per heavy atom. The summed E-state index contributed by atoms with van der Waals surface area (Å²) in [7, 11) is 0. The van der Waals surface area contributed by atoms with E-state index in [1.807, 2.05) is 32.0 Å². The second kappa shape index (κ2) is 6.93. The van der Waals surface area contributed by atoms with Gasteiger partial charge in [0, 0.05) is 16.7 Å². The molecule has 0 radical (unpaired) electrons. The van der Waals surface area contributed by atoms with Gasteiger partial charge in [0.2, 0.25) is 5.95 Å². The maximum atomic E-state index is 13.5. The highest BCUT2D eigenvalue weighted by atomic mass is 16.4. The number of hydrogen-bond acceptors (Lipinski definition) is 4. The van der Waals surface area contributed by atoms with E-state index in [1.165, 1.54) is 4.90 Å². The number of aryl methyl sites for hydroxylation is 1. The highest BCUT2D eigenvalue weighted by molar-refractivity contribution is 6.13. The number of nitrogens with zero attached hydrogens (tertiary/aromatic N) is 2. The van der Waals surface area contributed by atoms with Crippen LogP contribution in [0.3, 0.4) is 0 Å². The van der Waals surface area contributed by atoms with Crippen LogP contribution in [0.4, 0.5) is 16.4 Å². The molecule has 8 nitrogen and oxygen atoms in total. The fourth-order valence-electron chi connectivity index (χ4n) is 4.29. The molecule has 0 fully saturated rings. The monoisotopic (exact) mass is 428 g/mol. The summed E-state index contributed by atoms with van der Waals surface area (Å²) in [5, 5.41) is 23.3. The van der Waals surface area contributed by atoms with Crippen LogP contribution in [0.1, 0.15) is 32.6 Å². The second-order valence-corrected chi connectivity index (χ2v) is 7.82. The van der Waals surface area contributed by atoms with Gasteiger partial charge in [0.05, 0.1) is 16.7 Å². The van der Waals surface area contributed by atoms with Gasteiger partial charge in [-0.15, -0.1) is 0 Å². The maximum absolute atomic E-state index is 13.5. The lowest BCUT2D eigenvalue weighted by atomic mass is 9.92. The van der Waals surface area contributed by atoms with Gasteiger partial charge in [-0.3, -0.25) is 15.0 Å². The van der Waals surface area contributed by atoms with Crippen LogP contribution in [0.15, 0.2) is 60.7 Å². The molecular weight excluding hydrogens is 408 g/mol. The largest absolute Gasteiger partial charge is 0.465 e. The molecule has 2 amide bonds. The topological polar surface area (TPSA) is 119 Å². The number of H-pyrrole nitrogens is 1. The Morgan fingerprint density at radius 1 is 1.09 bits per heavy atom. The zero-order chi connectivity index (χ0) is 22.6. The number of carbonyl (C=O) groups excluding carboxylic acids is 1. The number of amides is 2. The van der Waals surface area contributed by atoms with Gasteiger partial charge in [0.25, 0.3) is 5.91 Å². The molecule has 0 bridgehead atoms. The zero-order valence-corrected chi connectivity index (χ0v) is 17.4. The molecular formula is C24H20N4O4. The third-order valence-corrected chi connectivity index (χ3v) is 5.99. The van der Waals surface area contributed by atoms with Gasteiger partial charge >= 0.3 is 6.09 Å². The van der Waals surface area contributed by atoms with Gasteiger partial charge in [0.1, 0.15) is 0 Å². The first-order valence-corrected chi connectivity index (χ1v) is 10.0. The Balaban J connectivity index is 1.74. The minimum atomic E-state index is -1.76. The van der Waals surface area contributed by atoms with E-state index in [4.69, 9.17) is 5.11 Å². The fraction of sp³-hybridized carbons (Fsp3) is 0.125. The van der Waals surface area contributed by atoms with Crippen molar-refractivity contribution >= 4 is 34.7 Å². The first-order chi connectivity index (χ1) is 15.3. The summed E-state index contributed by atoms with van der Waals surface area (Å²) < 4.78 is 0. The fourth-order valence-corrected chi connectivity index (χ4v) is 4.29. The van der Waals surface area contributed by atoms with Crippen LogP contribution in [0.2, 0.25) is 0 Å². The first kappa shape index (κ1) is 19.8. The molecule has 0 saturated carbocycles. The molecule has 160 valence electrons. The molecule has 3 aromatic carbocycles. The molecule has 1 aromatic heterocycles. The van der Waals surface area contributed by atoms with Crippen molar-refractivity contribution in [2.24, 2.45) is 0 Å². The van der Waals surface area contributed by atoms with Crippen molar-refractivity contribution < 1.29 is 19.8 Å². The highest BCUT2D eigenvalue weighted by Crippen LogP contribution is 2.46. The molecule has 1 atom stereocenters. The molecule has 2 heterocycles. The standard InChI is InChI=1S/C24H20N4O4/c1-13-6-5-9-20(14(13)2)28-21(29)16-7-3-4-8-17(16)24(28,32)15-10-11-18-19(12-15)26-22(25-18)27-23(30)31/h3-12,32H,1-2H3,(H,30,31)(H2,25,26,27). The van der Waals surface area contributed by atoms with Gasteiger partial charge in [-0.2, -0.15) is 0 Å². The number of fused-ring (bicyclic) bond motifs is 2. The zero-order valence-electron chi connectivity index (χ0n) is 17.4. The van der Waals surface area contributed by atoms with E-state index in [2.05, 4.69) is 15.3 Å².